The van der Waals surface area contributed by atoms with E-state index in [9.17, 15) is 18.0 Å². The molecule has 0 saturated carbocycles. The quantitative estimate of drug-likeness (QED) is 0.250. The fourth-order valence-corrected chi connectivity index (χ4v) is 6.48. The van der Waals surface area contributed by atoms with E-state index in [1.807, 2.05) is 6.92 Å². The third-order valence-electron chi connectivity index (χ3n) is 6.12. The number of sulfonamides is 1. The van der Waals surface area contributed by atoms with Crippen LogP contribution in [0.1, 0.15) is 31.4 Å². The van der Waals surface area contributed by atoms with Crippen LogP contribution in [0, 0.1) is 6.92 Å². The van der Waals surface area contributed by atoms with Crippen molar-refractivity contribution in [2.45, 2.75) is 44.7 Å². The Morgan fingerprint density at radius 2 is 1.50 bits per heavy atom. The van der Waals surface area contributed by atoms with Gasteiger partial charge in [-0.1, -0.05) is 77.1 Å². The molecule has 2 amide bonds. The highest BCUT2D eigenvalue weighted by Gasteiger charge is 2.34. The first kappa shape index (κ1) is 32.0. The lowest BCUT2D eigenvalue weighted by Crippen LogP contribution is -2.52. The maximum Gasteiger partial charge on any atom is 0.264 e. The maximum absolute atomic E-state index is 14.0. The zero-order valence-corrected chi connectivity index (χ0v) is 26.0. The molecule has 0 aliphatic heterocycles. The molecule has 0 bridgehead atoms. The molecule has 12 heteroatoms. The molecule has 0 radical (unpaired) electrons. The van der Waals surface area contributed by atoms with Gasteiger partial charge in [-0.15, -0.1) is 0 Å². The van der Waals surface area contributed by atoms with E-state index in [1.54, 1.807) is 38.1 Å². The molecule has 214 valence electrons. The zero-order valence-electron chi connectivity index (χ0n) is 22.1. The number of hydrogen-bond acceptors (Lipinski definition) is 4. The second-order valence-corrected chi connectivity index (χ2v) is 12.6. The first-order valence-corrected chi connectivity index (χ1v) is 15.4. The summed E-state index contributed by atoms with van der Waals surface area (Å²) in [6, 6.07) is 14.5. The minimum atomic E-state index is -4.26. The van der Waals surface area contributed by atoms with Gasteiger partial charge in [-0.05, 0) is 68.3 Å². The summed E-state index contributed by atoms with van der Waals surface area (Å²) >= 11 is 24.9. The van der Waals surface area contributed by atoms with Gasteiger partial charge < -0.3 is 10.2 Å². The van der Waals surface area contributed by atoms with E-state index in [0.29, 0.717) is 22.2 Å². The highest BCUT2D eigenvalue weighted by atomic mass is 35.5. The monoisotopic (exact) mass is 643 g/mol. The number of nitrogens with one attached hydrogen (secondary N) is 1. The molecule has 0 aliphatic rings. The smallest absolute Gasteiger partial charge is 0.264 e. The Labute approximate surface area is 255 Å². The molecule has 0 heterocycles. The lowest BCUT2D eigenvalue weighted by Gasteiger charge is -2.33. The topological polar surface area (TPSA) is 86.8 Å². The van der Waals surface area contributed by atoms with Crippen molar-refractivity contribution in [2.75, 3.05) is 17.4 Å². The fourth-order valence-electron chi connectivity index (χ4n) is 4.09. The number of anilines is 1. The number of likely N-dealkylation sites (N-methyl/N-ethyl adjacent to an activating group) is 1. The van der Waals surface area contributed by atoms with Crippen LogP contribution < -0.4 is 9.62 Å². The number of amides is 2. The van der Waals surface area contributed by atoms with Crippen molar-refractivity contribution in [1.82, 2.24) is 10.2 Å². The Bertz CT molecular complexity index is 1460. The number of rotatable bonds is 11. The number of carbonyl (C=O) groups is 2. The van der Waals surface area contributed by atoms with E-state index >= 15 is 0 Å². The Morgan fingerprint density at radius 1 is 0.875 bits per heavy atom. The molecule has 0 saturated heterocycles. The normalized spacial score (nSPS) is 12.1. The lowest BCUT2D eigenvalue weighted by molar-refractivity contribution is -0.140. The Balaban J connectivity index is 2.11. The molecule has 1 atom stereocenters. The van der Waals surface area contributed by atoms with Crippen LogP contribution >= 0.6 is 46.4 Å². The van der Waals surface area contributed by atoms with Gasteiger partial charge in [-0.25, -0.2) is 8.42 Å². The van der Waals surface area contributed by atoms with Gasteiger partial charge >= 0.3 is 0 Å². The third kappa shape index (κ3) is 7.83. The minimum absolute atomic E-state index is 0.0231. The highest BCUT2D eigenvalue weighted by molar-refractivity contribution is 7.92. The molecule has 0 fully saturated rings. The van der Waals surface area contributed by atoms with Crippen LogP contribution in [-0.2, 0) is 26.2 Å². The number of nitrogens with zero attached hydrogens (tertiary/aromatic N) is 2. The molecule has 0 aromatic heterocycles. The molecule has 3 rings (SSSR count). The highest BCUT2D eigenvalue weighted by Crippen LogP contribution is 2.31. The third-order valence-corrected chi connectivity index (χ3v) is 8.93. The standard InChI is InChI=1S/C28H29Cl4N3O4S/c1-4-26(28(37)33-5-2)34(16-19-8-9-20(29)15-25(19)32)27(36)17-35(23-13-21(30)12-22(31)14-23)40(38,39)24-10-6-18(3)7-11-24/h6-15,26H,4-5,16-17H2,1-3H3,(H,33,37). The molecular formula is C28H29Cl4N3O4S. The van der Waals surface area contributed by atoms with Gasteiger partial charge in [0, 0.05) is 33.2 Å². The molecule has 40 heavy (non-hydrogen) atoms. The van der Waals surface area contributed by atoms with Crippen LogP contribution in [0.15, 0.2) is 65.6 Å². The SMILES string of the molecule is CCNC(=O)C(CC)N(Cc1ccc(Cl)cc1Cl)C(=O)CN(c1cc(Cl)cc(Cl)c1)S(=O)(=O)c1ccc(C)cc1. The van der Waals surface area contributed by atoms with E-state index in [4.69, 9.17) is 46.4 Å². The maximum atomic E-state index is 14.0. The van der Waals surface area contributed by atoms with E-state index < -0.39 is 28.5 Å². The summed E-state index contributed by atoms with van der Waals surface area (Å²) in [5.74, 6) is -1.00. The number of halogens is 4. The first-order valence-electron chi connectivity index (χ1n) is 12.4. The van der Waals surface area contributed by atoms with E-state index in [-0.39, 0.29) is 39.5 Å². The molecule has 0 spiro atoms. The van der Waals surface area contributed by atoms with Gasteiger partial charge in [0.2, 0.25) is 11.8 Å². The zero-order chi connectivity index (χ0) is 29.6. The Kier molecular flexibility index (Phi) is 11.1. The summed E-state index contributed by atoms with van der Waals surface area (Å²) in [7, 11) is -4.26. The van der Waals surface area contributed by atoms with Crippen molar-refractivity contribution < 1.29 is 18.0 Å². The van der Waals surface area contributed by atoms with Gasteiger partial charge in [-0.3, -0.25) is 13.9 Å². The van der Waals surface area contributed by atoms with Gasteiger partial charge in [0.1, 0.15) is 12.6 Å². The van der Waals surface area contributed by atoms with E-state index in [1.165, 1.54) is 41.3 Å². The van der Waals surface area contributed by atoms with Crippen LogP contribution in [0.4, 0.5) is 5.69 Å². The van der Waals surface area contributed by atoms with Crippen LogP contribution in [-0.4, -0.2) is 44.3 Å². The summed E-state index contributed by atoms with van der Waals surface area (Å²) in [5, 5.41) is 3.85. The number of aryl methyl sites for hydroxylation is 1. The average molecular weight is 645 g/mol. The average Bonchev–Trinajstić information content (AvgIpc) is 2.88. The van der Waals surface area contributed by atoms with E-state index in [2.05, 4.69) is 5.32 Å². The van der Waals surface area contributed by atoms with Gasteiger partial charge in [0.15, 0.2) is 0 Å². The largest absolute Gasteiger partial charge is 0.355 e. The van der Waals surface area contributed by atoms with Crippen molar-refractivity contribution >= 4 is 73.9 Å². The predicted molar refractivity (Wildman–Crippen MR) is 162 cm³/mol. The fraction of sp³-hybridized carbons (Fsp3) is 0.286. The lowest BCUT2D eigenvalue weighted by atomic mass is 10.1. The van der Waals surface area contributed by atoms with Crippen molar-refractivity contribution in [3.63, 3.8) is 0 Å². The Hall–Kier alpha value is -2.49. The van der Waals surface area contributed by atoms with Crippen molar-refractivity contribution in [1.29, 1.82) is 0 Å². The molecule has 1 unspecified atom stereocenters. The van der Waals surface area contributed by atoms with Crippen molar-refractivity contribution in [2.24, 2.45) is 0 Å². The van der Waals surface area contributed by atoms with E-state index in [0.717, 1.165) is 9.87 Å². The summed E-state index contributed by atoms with van der Waals surface area (Å²) in [4.78, 5) is 28.3. The van der Waals surface area contributed by atoms with Gasteiger partial charge in [-0.2, -0.15) is 0 Å². The van der Waals surface area contributed by atoms with Crippen molar-refractivity contribution in [3.05, 3.63) is 91.9 Å². The first-order chi connectivity index (χ1) is 18.9. The summed E-state index contributed by atoms with van der Waals surface area (Å²) < 4.78 is 28.8. The van der Waals surface area contributed by atoms with Crippen LogP contribution in [0.5, 0.6) is 0 Å². The molecule has 0 aliphatic carbocycles. The Morgan fingerprint density at radius 3 is 2.05 bits per heavy atom. The number of benzene rings is 3. The molecule has 3 aromatic carbocycles. The molecular weight excluding hydrogens is 616 g/mol. The number of hydrogen-bond donors (Lipinski definition) is 1. The summed E-state index contributed by atoms with van der Waals surface area (Å²) in [5.41, 5.74) is 1.51. The second kappa shape index (κ2) is 13.9. The van der Waals surface area contributed by atoms with Crippen LogP contribution in [0.2, 0.25) is 20.1 Å². The van der Waals surface area contributed by atoms with Crippen LogP contribution in [0.3, 0.4) is 0 Å². The molecule has 3 aromatic rings. The number of carbonyl (C=O) groups excluding carboxylic acids is 2. The molecule has 1 N–H and O–H groups in total. The summed E-state index contributed by atoms with van der Waals surface area (Å²) in [6.07, 6.45) is 0.274. The summed E-state index contributed by atoms with van der Waals surface area (Å²) in [6.45, 7) is 5.04. The van der Waals surface area contributed by atoms with Crippen LogP contribution in [0.25, 0.3) is 0 Å². The second-order valence-electron chi connectivity index (χ2n) is 9.03. The minimum Gasteiger partial charge on any atom is -0.355 e. The van der Waals surface area contributed by atoms with Gasteiger partial charge in [0.25, 0.3) is 10.0 Å². The van der Waals surface area contributed by atoms with Gasteiger partial charge in [0.05, 0.1) is 10.6 Å². The van der Waals surface area contributed by atoms with Crippen molar-refractivity contribution in [3.8, 4) is 0 Å². The predicted octanol–water partition coefficient (Wildman–Crippen LogP) is 6.75. The molecule has 7 nitrogen and oxygen atoms in total.